The lowest BCUT2D eigenvalue weighted by Gasteiger charge is -2.36. The van der Waals surface area contributed by atoms with E-state index in [9.17, 15) is 24.3 Å². The number of nitrogens with one attached hydrogen (secondary N) is 1. The third kappa shape index (κ3) is 7.61. The van der Waals surface area contributed by atoms with Crippen LogP contribution in [0.25, 0.3) is 0 Å². The highest BCUT2D eigenvalue weighted by Crippen LogP contribution is 2.37. The summed E-state index contributed by atoms with van der Waals surface area (Å²) in [5, 5.41) is 22.3. The van der Waals surface area contributed by atoms with E-state index in [4.69, 9.17) is 33.0 Å². The molecule has 11 heteroatoms. The average Bonchev–Trinajstić information content (AvgIpc) is 3.15. The van der Waals surface area contributed by atoms with Gasteiger partial charge in [-0.1, -0.05) is 41.4 Å². The zero-order valence-electron chi connectivity index (χ0n) is 20.9. The van der Waals surface area contributed by atoms with Gasteiger partial charge in [0, 0.05) is 53.9 Å². The van der Waals surface area contributed by atoms with Gasteiger partial charge in [0.25, 0.3) is 0 Å². The second-order valence-corrected chi connectivity index (χ2v) is 10.2. The number of halogens is 2. The lowest BCUT2D eigenvalue weighted by atomic mass is 9.85. The van der Waals surface area contributed by atoms with Crippen LogP contribution in [-0.2, 0) is 32.2 Å². The van der Waals surface area contributed by atoms with Crippen LogP contribution in [-0.4, -0.2) is 57.5 Å². The van der Waals surface area contributed by atoms with Crippen molar-refractivity contribution < 1.29 is 34.1 Å². The van der Waals surface area contributed by atoms with Gasteiger partial charge in [-0.2, -0.15) is 0 Å². The molecule has 1 fully saturated rings. The molecule has 2 aromatic carbocycles. The first-order valence-corrected chi connectivity index (χ1v) is 12.9. The molecule has 0 radical (unpaired) electrons. The molecular formula is C27H30Cl2N2O7. The topological polar surface area (TPSA) is 133 Å². The van der Waals surface area contributed by atoms with Gasteiger partial charge in [-0.25, -0.2) is 4.79 Å². The normalized spacial score (nSPS) is 17.8. The summed E-state index contributed by atoms with van der Waals surface area (Å²) in [6.07, 6.45) is 1.14. The number of aliphatic carboxylic acids is 2. The first-order chi connectivity index (χ1) is 18.0. The Morgan fingerprint density at radius 1 is 1.05 bits per heavy atom. The van der Waals surface area contributed by atoms with Gasteiger partial charge in [-0.15, -0.1) is 0 Å². The third-order valence-corrected chi connectivity index (χ3v) is 7.66. The second kappa shape index (κ2) is 13.0. The third-order valence-electron chi connectivity index (χ3n) is 6.95. The molecule has 1 unspecified atom stereocenters. The summed E-state index contributed by atoms with van der Waals surface area (Å²) >= 11 is 12.3. The van der Waals surface area contributed by atoms with E-state index >= 15 is 0 Å². The van der Waals surface area contributed by atoms with Crippen molar-refractivity contribution in [2.75, 3.05) is 7.05 Å². The molecule has 2 aromatic rings. The van der Waals surface area contributed by atoms with Crippen molar-refractivity contribution in [3.05, 3.63) is 63.6 Å². The highest BCUT2D eigenvalue weighted by Gasteiger charge is 2.43. The van der Waals surface area contributed by atoms with E-state index in [-0.39, 0.29) is 44.6 Å². The molecule has 2 amide bonds. The number of rotatable bonds is 13. The molecule has 0 aromatic heterocycles. The van der Waals surface area contributed by atoms with Crippen LogP contribution in [0.1, 0.15) is 49.7 Å². The largest absolute Gasteiger partial charge is 0.489 e. The maximum atomic E-state index is 12.7. The Balaban J connectivity index is 1.56. The van der Waals surface area contributed by atoms with Crippen LogP contribution in [0.2, 0.25) is 10.0 Å². The van der Waals surface area contributed by atoms with Crippen LogP contribution in [0, 0.1) is 0 Å². The van der Waals surface area contributed by atoms with E-state index in [1.165, 1.54) is 4.90 Å². The fourth-order valence-corrected chi connectivity index (χ4v) is 5.09. The number of carboxylic acid groups (broad SMARTS) is 2. The molecule has 3 rings (SSSR count). The number of carbonyl (C=O) groups is 4. The minimum atomic E-state index is -1.18. The summed E-state index contributed by atoms with van der Waals surface area (Å²) in [4.78, 5) is 49.2. The minimum Gasteiger partial charge on any atom is -0.489 e. The Morgan fingerprint density at radius 2 is 1.68 bits per heavy atom. The predicted molar refractivity (Wildman–Crippen MR) is 141 cm³/mol. The zero-order valence-corrected chi connectivity index (χ0v) is 22.4. The number of hydrogen-bond donors (Lipinski definition) is 3. The molecule has 1 aliphatic heterocycles. The summed E-state index contributed by atoms with van der Waals surface area (Å²) in [5.41, 5.74) is 0.613. The van der Waals surface area contributed by atoms with Crippen LogP contribution in [0.4, 0.5) is 0 Å². The monoisotopic (exact) mass is 564 g/mol. The smallest absolute Gasteiger partial charge is 0.326 e. The summed E-state index contributed by atoms with van der Waals surface area (Å²) in [6.45, 7) is 0.167. The van der Waals surface area contributed by atoms with Gasteiger partial charge in [0.1, 0.15) is 18.4 Å². The molecule has 0 aliphatic carbocycles. The Bertz CT molecular complexity index is 1170. The highest BCUT2D eigenvalue weighted by atomic mass is 35.5. The van der Waals surface area contributed by atoms with Crippen LogP contribution in [0.3, 0.4) is 0 Å². The van der Waals surface area contributed by atoms with E-state index in [2.05, 4.69) is 5.32 Å². The molecule has 2 atom stereocenters. The van der Waals surface area contributed by atoms with Gasteiger partial charge in [0.15, 0.2) is 0 Å². The van der Waals surface area contributed by atoms with Gasteiger partial charge in [0.2, 0.25) is 11.8 Å². The SMILES string of the molecule is CN1C(=O)CCC1(CCC(=O)O)CCC(=O)N[C@@H](Cc1ccc(OCc2c(Cl)cccc2Cl)cc1)C(=O)O. The summed E-state index contributed by atoms with van der Waals surface area (Å²) in [5.74, 6) is -2.18. The standard InChI is InChI=1S/C27H30Cl2N2O7/c1-31-24(33)10-13-27(31,14-11-25(34)35)12-9-23(32)30-22(26(36)37)15-17-5-7-18(8-6-17)38-16-19-20(28)3-2-4-21(19)29/h2-8,22H,9-16H2,1H3,(H,30,32)(H,34,35)(H,36,37)/t22-,27?/m0/s1. The van der Waals surface area contributed by atoms with Crippen LogP contribution in [0.5, 0.6) is 5.75 Å². The Hall–Kier alpha value is -3.30. The highest BCUT2D eigenvalue weighted by molar-refractivity contribution is 6.35. The lowest BCUT2D eigenvalue weighted by molar-refractivity contribution is -0.142. The fourth-order valence-electron chi connectivity index (χ4n) is 4.59. The minimum absolute atomic E-state index is 0.0294. The number of carboxylic acids is 2. The average molecular weight is 565 g/mol. The van der Waals surface area contributed by atoms with Gasteiger partial charge in [0.05, 0.1) is 0 Å². The molecule has 0 spiro atoms. The second-order valence-electron chi connectivity index (χ2n) is 9.37. The molecule has 3 N–H and O–H groups in total. The van der Waals surface area contributed by atoms with Gasteiger partial charge in [-0.3, -0.25) is 14.4 Å². The van der Waals surface area contributed by atoms with Crippen molar-refractivity contribution in [3.63, 3.8) is 0 Å². The number of likely N-dealkylation sites (tertiary alicyclic amines) is 1. The molecule has 204 valence electrons. The summed E-state index contributed by atoms with van der Waals surface area (Å²) < 4.78 is 5.75. The van der Waals surface area contributed by atoms with Crippen molar-refractivity contribution in [2.24, 2.45) is 0 Å². The predicted octanol–water partition coefficient (Wildman–Crippen LogP) is 4.32. The maximum absolute atomic E-state index is 12.7. The van der Waals surface area contributed by atoms with E-state index in [0.29, 0.717) is 39.8 Å². The van der Waals surface area contributed by atoms with Gasteiger partial charge in [-0.05, 0) is 49.1 Å². The number of benzene rings is 2. The van der Waals surface area contributed by atoms with Crippen LogP contribution >= 0.6 is 23.2 Å². The number of hydrogen-bond acceptors (Lipinski definition) is 5. The molecule has 1 heterocycles. The van der Waals surface area contributed by atoms with E-state index in [1.807, 2.05) is 0 Å². The number of carbonyl (C=O) groups excluding carboxylic acids is 2. The van der Waals surface area contributed by atoms with E-state index < -0.39 is 29.4 Å². The van der Waals surface area contributed by atoms with Gasteiger partial charge < -0.3 is 25.2 Å². The first kappa shape index (κ1) is 29.3. The van der Waals surface area contributed by atoms with Crippen molar-refractivity contribution >= 4 is 47.0 Å². The molecule has 0 saturated carbocycles. The fraction of sp³-hybridized carbons (Fsp3) is 0.407. The number of ether oxygens (including phenoxy) is 1. The maximum Gasteiger partial charge on any atom is 0.326 e. The molecule has 9 nitrogen and oxygen atoms in total. The molecule has 38 heavy (non-hydrogen) atoms. The number of amides is 2. The molecule has 1 aliphatic rings. The summed E-state index contributed by atoms with van der Waals surface area (Å²) in [7, 11) is 1.62. The molecular weight excluding hydrogens is 535 g/mol. The Kier molecular flexibility index (Phi) is 9.99. The van der Waals surface area contributed by atoms with Crippen molar-refractivity contribution in [1.82, 2.24) is 10.2 Å². The Labute approximate surface area is 230 Å². The van der Waals surface area contributed by atoms with Crippen LogP contribution < -0.4 is 10.1 Å². The van der Waals surface area contributed by atoms with Crippen molar-refractivity contribution in [2.45, 2.75) is 63.1 Å². The quantitative estimate of drug-likeness (QED) is 0.330. The van der Waals surface area contributed by atoms with Crippen LogP contribution in [0.15, 0.2) is 42.5 Å². The first-order valence-electron chi connectivity index (χ1n) is 12.2. The lowest BCUT2D eigenvalue weighted by Crippen LogP contribution is -2.46. The van der Waals surface area contributed by atoms with Crippen molar-refractivity contribution in [1.29, 1.82) is 0 Å². The Morgan fingerprint density at radius 3 is 2.24 bits per heavy atom. The van der Waals surface area contributed by atoms with Crippen molar-refractivity contribution in [3.8, 4) is 5.75 Å². The van der Waals surface area contributed by atoms with E-state index in [0.717, 1.165) is 0 Å². The van der Waals surface area contributed by atoms with E-state index in [1.54, 1.807) is 49.5 Å². The zero-order chi connectivity index (χ0) is 27.9. The number of nitrogens with zero attached hydrogens (tertiary/aromatic N) is 1. The molecule has 0 bridgehead atoms. The van der Waals surface area contributed by atoms with Gasteiger partial charge >= 0.3 is 11.9 Å². The summed E-state index contributed by atoms with van der Waals surface area (Å²) in [6, 6.07) is 10.8. The molecule has 1 saturated heterocycles.